The van der Waals surface area contributed by atoms with Crippen LogP contribution in [-0.4, -0.2) is 28.1 Å². The van der Waals surface area contributed by atoms with E-state index in [0.717, 1.165) is 6.07 Å². The number of halogens is 4. The highest BCUT2D eigenvalue weighted by Crippen LogP contribution is 2.36. The molecule has 0 radical (unpaired) electrons. The molecule has 2 rings (SSSR count). The van der Waals surface area contributed by atoms with Gasteiger partial charge in [0.2, 0.25) is 10.0 Å². The number of nitrogens with zero attached hydrogens (tertiary/aromatic N) is 1. The number of sulfonamides is 1. The van der Waals surface area contributed by atoms with Gasteiger partial charge in [-0.1, -0.05) is 23.2 Å². The molecule has 4 nitrogen and oxygen atoms in total. The van der Waals surface area contributed by atoms with Crippen LogP contribution in [0, 0.1) is 0 Å². The molecule has 9 heteroatoms. The van der Waals surface area contributed by atoms with Crippen molar-refractivity contribution in [3.63, 3.8) is 0 Å². The minimum absolute atomic E-state index is 0.0553. The molecule has 0 atom stereocenters. The van der Waals surface area contributed by atoms with Crippen molar-refractivity contribution >= 4 is 38.9 Å². The Hall–Kier alpha value is -0.630. The van der Waals surface area contributed by atoms with Gasteiger partial charge in [-0.05, 0) is 12.1 Å². The van der Waals surface area contributed by atoms with Gasteiger partial charge in [-0.25, -0.2) is 17.2 Å². The number of fused-ring (bicyclic) bond motifs is 1. The smallest absolute Gasteiger partial charge is 0.255 e. The van der Waals surface area contributed by atoms with E-state index in [4.69, 9.17) is 23.2 Å². The molecule has 18 heavy (non-hydrogen) atoms. The van der Waals surface area contributed by atoms with Crippen molar-refractivity contribution in [2.75, 3.05) is 18.1 Å². The third kappa shape index (κ3) is 2.54. The molecule has 0 amide bonds. The molecule has 100 valence electrons. The number of alkyl halides is 2. The van der Waals surface area contributed by atoms with Crippen molar-refractivity contribution in [1.29, 1.82) is 0 Å². The van der Waals surface area contributed by atoms with Crippen LogP contribution in [0.3, 0.4) is 0 Å². The van der Waals surface area contributed by atoms with Gasteiger partial charge in [0.1, 0.15) is 4.90 Å². The van der Waals surface area contributed by atoms with E-state index in [1.54, 1.807) is 0 Å². The van der Waals surface area contributed by atoms with Crippen LogP contribution in [0.4, 0.5) is 14.5 Å². The quantitative estimate of drug-likeness (QED) is 0.911. The fraction of sp³-hybridized carbons (Fsp3) is 0.333. The molecule has 0 saturated heterocycles. The number of benzene rings is 1. The molecular formula is C9H8Cl2F2N2O2S. The summed E-state index contributed by atoms with van der Waals surface area (Å²) in [6.07, 6.45) is -2.59. The summed E-state index contributed by atoms with van der Waals surface area (Å²) in [7, 11) is -3.73. The van der Waals surface area contributed by atoms with Crippen LogP contribution in [-0.2, 0) is 10.0 Å². The number of hydrogen-bond acceptors (Lipinski definition) is 3. The number of rotatable bonds is 2. The van der Waals surface area contributed by atoms with Crippen molar-refractivity contribution in [3.8, 4) is 0 Å². The molecule has 0 spiro atoms. The van der Waals surface area contributed by atoms with Gasteiger partial charge in [0.05, 0.1) is 28.9 Å². The summed E-state index contributed by atoms with van der Waals surface area (Å²) in [5.74, 6) is 0. The Balaban J connectivity index is 2.55. The fourth-order valence-corrected chi connectivity index (χ4v) is 3.24. The van der Waals surface area contributed by atoms with E-state index >= 15 is 0 Å². The maximum atomic E-state index is 12.4. The van der Waals surface area contributed by atoms with Gasteiger partial charge in [-0.2, -0.15) is 4.72 Å². The summed E-state index contributed by atoms with van der Waals surface area (Å²) >= 11 is 11.5. The van der Waals surface area contributed by atoms with Gasteiger partial charge in [0.15, 0.2) is 0 Å². The first-order chi connectivity index (χ1) is 8.31. The zero-order chi connectivity index (χ0) is 13.5. The molecule has 1 aliphatic rings. The van der Waals surface area contributed by atoms with Gasteiger partial charge in [0, 0.05) is 0 Å². The molecule has 1 aliphatic heterocycles. The van der Waals surface area contributed by atoms with Crippen LogP contribution in [0.1, 0.15) is 0 Å². The molecular weight excluding hydrogens is 309 g/mol. The SMILES string of the molecule is O=S1(=O)NCN(CC(F)F)c2cc(Cl)c(Cl)cc21. The predicted octanol–water partition coefficient (Wildman–Crippen LogP) is 2.31. The number of hydrogen-bond donors (Lipinski definition) is 1. The highest BCUT2D eigenvalue weighted by molar-refractivity contribution is 7.89. The minimum Gasteiger partial charge on any atom is -0.351 e. The van der Waals surface area contributed by atoms with E-state index in [-0.39, 0.29) is 27.3 Å². The first-order valence-corrected chi connectivity index (χ1v) is 7.07. The fourth-order valence-electron chi connectivity index (χ4n) is 1.64. The van der Waals surface area contributed by atoms with E-state index in [2.05, 4.69) is 4.72 Å². The van der Waals surface area contributed by atoms with Crippen LogP contribution in [0.5, 0.6) is 0 Å². The molecule has 0 fully saturated rings. The van der Waals surface area contributed by atoms with E-state index in [1.807, 2.05) is 0 Å². The second-order valence-corrected chi connectivity index (χ2v) is 6.20. The normalized spacial score (nSPS) is 17.9. The second kappa shape index (κ2) is 4.80. The number of anilines is 1. The van der Waals surface area contributed by atoms with E-state index in [9.17, 15) is 17.2 Å². The van der Waals surface area contributed by atoms with E-state index in [0.29, 0.717) is 0 Å². The zero-order valence-corrected chi connectivity index (χ0v) is 11.2. The van der Waals surface area contributed by atoms with Crippen molar-refractivity contribution in [2.45, 2.75) is 11.3 Å². The van der Waals surface area contributed by atoms with Crippen LogP contribution >= 0.6 is 23.2 Å². The Labute approximate surface area is 113 Å². The van der Waals surface area contributed by atoms with Crippen molar-refractivity contribution in [3.05, 3.63) is 22.2 Å². The molecule has 0 bridgehead atoms. The lowest BCUT2D eigenvalue weighted by Crippen LogP contribution is -2.45. The maximum Gasteiger partial charge on any atom is 0.255 e. The Morgan fingerprint density at radius 3 is 2.56 bits per heavy atom. The largest absolute Gasteiger partial charge is 0.351 e. The zero-order valence-electron chi connectivity index (χ0n) is 8.83. The highest BCUT2D eigenvalue weighted by Gasteiger charge is 2.30. The molecule has 0 aliphatic carbocycles. The number of nitrogens with one attached hydrogen (secondary N) is 1. The summed E-state index contributed by atoms with van der Waals surface area (Å²) in [4.78, 5) is 1.05. The van der Waals surface area contributed by atoms with Crippen molar-refractivity contribution < 1.29 is 17.2 Å². The summed E-state index contributed by atoms with van der Waals surface area (Å²) in [5.41, 5.74) is 0.128. The predicted molar refractivity (Wildman–Crippen MR) is 65.0 cm³/mol. The lowest BCUT2D eigenvalue weighted by molar-refractivity contribution is 0.154. The minimum atomic E-state index is -3.73. The topological polar surface area (TPSA) is 49.4 Å². The highest BCUT2D eigenvalue weighted by atomic mass is 35.5. The molecule has 0 aromatic heterocycles. The summed E-state index contributed by atoms with van der Waals surface area (Å²) in [6, 6.07) is 2.43. The average molecular weight is 317 g/mol. The van der Waals surface area contributed by atoms with Crippen LogP contribution < -0.4 is 9.62 Å². The van der Waals surface area contributed by atoms with E-state index < -0.39 is 23.0 Å². The summed E-state index contributed by atoms with van der Waals surface area (Å²) in [6.45, 7) is -0.814. The maximum absolute atomic E-state index is 12.4. The molecule has 0 saturated carbocycles. The Morgan fingerprint density at radius 2 is 1.94 bits per heavy atom. The van der Waals surface area contributed by atoms with Crippen LogP contribution in [0.15, 0.2) is 17.0 Å². The lowest BCUT2D eigenvalue weighted by atomic mass is 10.3. The first kappa shape index (κ1) is 13.8. The summed E-state index contributed by atoms with van der Waals surface area (Å²) in [5, 5.41) is 0.173. The van der Waals surface area contributed by atoms with Crippen LogP contribution in [0.2, 0.25) is 10.0 Å². The lowest BCUT2D eigenvalue weighted by Gasteiger charge is -2.31. The van der Waals surface area contributed by atoms with Crippen molar-refractivity contribution in [2.24, 2.45) is 0 Å². The van der Waals surface area contributed by atoms with Gasteiger partial charge in [-0.3, -0.25) is 0 Å². The van der Waals surface area contributed by atoms with Gasteiger partial charge in [0.25, 0.3) is 6.43 Å². The van der Waals surface area contributed by atoms with Gasteiger partial charge >= 0.3 is 0 Å². The molecule has 1 N–H and O–H groups in total. The monoisotopic (exact) mass is 316 g/mol. The summed E-state index contributed by atoms with van der Waals surface area (Å²) < 4.78 is 50.5. The Morgan fingerprint density at radius 1 is 1.33 bits per heavy atom. The third-order valence-electron chi connectivity index (χ3n) is 2.44. The second-order valence-electron chi connectivity index (χ2n) is 3.65. The molecule has 1 heterocycles. The average Bonchev–Trinajstić information content (AvgIpc) is 2.25. The van der Waals surface area contributed by atoms with E-state index in [1.165, 1.54) is 11.0 Å². The third-order valence-corrected chi connectivity index (χ3v) is 4.57. The van der Waals surface area contributed by atoms with Crippen LogP contribution in [0.25, 0.3) is 0 Å². The Kier molecular flexibility index (Phi) is 3.68. The standard InChI is InChI=1S/C9H8Cl2F2N2O2S/c10-5-1-7-8(2-6(5)11)18(16,17)14-4-15(7)3-9(12)13/h1-2,9,14H,3-4H2. The molecule has 1 aromatic carbocycles. The van der Waals surface area contributed by atoms with Crippen molar-refractivity contribution in [1.82, 2.24) is 4.72 Å². The van der Waals surface area contributed by atoms with Gasteiger partial charge < -0.3 is 4.90 Å². The first-order valence-electron chi connectivity index (χ1n) is 4.83. The van der Waals surface area contributed by atoms with Gasteiger partial charge in [-0.15, -0.1) is 0 Å². The molecule has 1 aromatic rings. The Bertz CT molecular complexity index is 580. The molecule has 0 unspecified atom stereocenters.